The third kappa shape index (κ3) is 3.90. The van der Waals surface area contributed by atoms with Crippen LogP contribution in [0.15, 0.2) is 18.2 Å². The van der Waals surface area contributed by atoms with E-state index in [-0.39, 0.29) is 0 Å². The quantitative estimate of drug-likeness (QED) is 0.862. The first-order valence-corrected chi connectivity index (χ1v) is 8.78. The van der Waals surface area contributed by atoms with E-state index in [0.717, 1.165) is 24.9 Å². The van der Waals surface area contributed by atoms with Crippen LogP contribution in [0, 0.1) is 0 Å². The zero-order chi connectivity index (χ0) is 16.2. The summed E-state index contributed by atoms with van der Waals surface area (Å²) >= 11 is 0. The molecule has 2 fully saturated rings. The molecule has 2 aliphatic rings. The van der Waals surface area contributed by atoms with Crippen molar-refractivity contribution in [1.82, 2.24) is 9.80 Å². The fourth-order valence-electron chi connectivity index (χ4n) is 3.82. The van der Waals surface area contributed by atoms with Gasteiger partial charge in [0.25, 0.3) is 0 Å². The van der Waals surface area contributed by atoms with Crippen LogP contribution in [0.5, 0.6) is 5.75 Å². The zero-order valence-corrected chi connectivity index (χ0v) is 14.5. The average molecular weight is 318 g/mol. The first kappa shape index (κ1) is 16.4. The van der Waals surface area contributed by atoms with Gasteiger partial charge in [-0.1, -0.05) is 0 Å². The van der Waals surface area contributed by atoms with Crippen LogP contribution in [0.4, 0.5) is 11.4 Å². The van der Waals surface area contributed by atoms with E-state index in [1.54, 1.807) is 7.11 Å². The number of rotatable bonds is 3. The largest absolute Gasteiger partial charge is 0.495 e. The second kappa shape index (κ2) is 7.41. The number of hydrogen-bond donors (Lipinski definition) is 1. The average Bonchev–Trinajstić information content (AvgIpc) is 2.80. The number of nitrogen functional groups attached to an aromatic ring is 1. The van der Waals surface area contributed by atoms with Gasteiger partial charge in [0, 0.05) is 44.0 Å². The van der Waals surface area contributed by atoms with E-state index in [2.05, 4.69) is 33.9 Å². The summed E-state index contributed by atoms with van der Waals surface area (Å²) in [7, 11) is 3.92. The molecule has 1 aromatic carbocycles. The molecule has 0 aromatic heterocycles. The van der Waals surface area contributed by atoms with Crippen molar-refractivity contribution in [1.29, 1.82) is 0 Å². The Hall–Kier alpha value is -1.46. The number of hydrogen-bond acceptors (Lipinski definition) is 5. The molecule has 2 N–H and O–H groups in total. The predicted molar refractivity (Wildman–Crippen MR) is 96.3 cm³/mol. The summed E-state index contributed by atoms with van der Waals surface area (Å²) < 4.78 is 5.35. The molecule has 0 amide bonds. The van der Waals surface area contributed by atoms with Crippen molar-refractivity contribution in [2.24, 2.45) is 0 Å². The highest BCUT2D eigenvalue weighted by molar-refractivity contribution is 5.62. The summed E-state index contributed by atoms with van der Waals surface area (Å²) in [6.07, 6.45) is 3.79. The van der Waals surface area contributed by atoms with Crippen LogP contribution in [0.2, 0.25) is 0 Å². The van der Waals surface area contributed by atoms with E-state index < -0.39 is 0 Å². The first-order valence-electron chi connectivity index (χ1n) is 8.78. The van der Waals surface area contributed by atoms with Gasteiger partial charge in [0.05, 0.1) is 12.8 Å². The summed E-state index contributed by atoms with van der Waals surface area (Å²) in [6.45, 7) is 7.14. The van der Waals surface area contributed by atoms with E-state index in [1.165, 1.54) is 51.1 Å². The molecule has 0 radical (unpaired) electrons. The summed E-state index contributed by atoms with van der Waals surface area (Å²) in [6, 6.07) is 6.87. The minimum atomic E-state index is 0.708. The molecule has 2 heterocycles. The van der Waals surface area contributed by atoms with Gasteiger partial charge in [0.1, 0.15) is 5.75 Å². The van der Waals surface area contributed by atoms with Crippen LogP contribution in [0.1, 0.15) is 19.3 Å². The maximum absolute atomic E-state index is 5.92. The summed E-state index contributed by atoms with van der Waals surface area (Å²) in [5.41, 5.74) is 7.86. The molecular formula is C18H30N4O. The van der Waals surface area contributed by atoms with Gasteiger partial charge in [-0.25, -0.2) is 0 Å². The molecular weight excluding hydrogens is 288 g/mol. The minimum absolute atomic E-state index is 0.708. The lowest BCUT2D eigenvalue weighted by atomic mass is 10.0. The fourth-order valence-corrected chi connectivity index (χ4v) is 3.82. The Morgan fingerprint density at radius 2 is 1.83 bits per heavy atom. The summed E-state index contributed by atoms with van der Waals surface area (Å²) in [5, 5.41) is 0. The van der Waals surface area contributed by atoms with Crippen molar-refractivity contribution >= 4 is 11.4 Å². The molecule has 0 atom stereocenters. The maximum atomic E-state index is 5.92. The van der Waals surface area contributed by atoms with Crippen LogP contribution < -0.4 is 15.4 Å². The number of piperidine rings is 1. The lowest BCUT2D eigenvalue weighted by molar-refractivity contribution is 0.174. The van der Waals surface area contributed by atoms with Gasteiger partial charge in [0.15, 0.2) is 0 Å². The van der Waals surface area contributed by atoms with E-state index in [4.69, 9.17) is 10.5 Å². The van der Waals surface area contributed by atoms with E-state index in [9.17, 15) is 0 Å². The topological polar surface area (TPSA) is 45.0 Å². The second-order valence-corrected chi connectivity index (χ2v) is 6.84. The molecule has 0 unspecified atom stereocenters. The van der Waals surface area contributed by atoms with Crippen LogP contribution in [-0.2, 0) is 0 Å². The Labute approximate surface area is 140 Å². The van der Waals surface area contributed by atoms with Crippen LogP contribution in [-0.4, -0.2) is 69.3 Å². The monoisotopic (exact) mass is 318 g/mol. The second-order valence-electron chi connectivity index (χ2n) is 6.84. The van der Waals surface area contributed by atoms with E-state index in [1.807, 2.05) is 6.07 Å². The smallest absolute Gasteiger partial charge is 0.143 e. The lowest BCUT2D eigenvalue weighted by Crippen LogP contribution is -2.46. The minimum Gasteiger partial charge on any atom is -0.495 e. The van der Waals surface area contributed by atoms with Crippen molar-refractivity contribution in [3.63, 3.8) is 0 Å². The molecule has 5 heteroatoms. The molecule has 2 saturated heterocycles. The highest BCUT2D eigenvalue weighted by Gasteiger charge is 2.26. The zero-order valence-electron chi connectivity index (χ0n) is 14.5. The highest BCUT2D eigenvalue weighted by Crippen LogP contribution is 2.30. The summed E-state index contributed by atoms with van der Waals surface area (Å²) in [4.78, 5) is 7.63. The standard InChI is InChI=1S/C18H30N4O/c1-20-8-3-9-21(13-12-20)15-6-10-22(11-7-15)16-4-5-17(19)18(14-16)23-2/h4-5,14-15H,3,6-13,19H2,1-2H3. The number of methoxy groups -OCH3 is 1. The van der Waals surface area contributed by atoms with Gasteiger partial charge in [0.2, 0.25) is 0 Å². The number of likely N-dealkylation sites (N-methyl/N-ethyl adjacent to an activating group) is 1. The molecule has 2 aliphatic heterocycles. The van der Waals surface area contributed by atoms with Gasteiger partial charge in [-0.05, 0) is 51.5 Å². The lowest BCUT2D eigenvalue weighted by Gasteiger charge is -2.39. The first-order chi connectivity index (χ1) is 11.2. The molecule has 128 valence electrons. The van der Waals surface area contributed by atoms with Crippen molar-refractivity contribution < 1.29 is 4.74 Å². The Balaban J connectivity index is 1.58. The number of ether oxygens (including phenoxy) is 1. The Morgan fingerprint density at radius 3 is 2.57 bits per heavy atom. The molecule has 3 rings (SSSR count). The maximum Gasteiger partial charge on any atom is 0.143 e. The number of benzene rings is 1. The van der Waals surface area contributed by atoms with Gasteiger partial charge in [-0.15, -0.1) is 0 Å². The normalized spacial score (nSPS) is 22.1. The van der Waals surface area contributed by atoms with Crippen molar-refractivity contribution in [2.45, 2.75) is 25.3 Å². The van der Waals surface area contributed by atoms with E-state index >= 15 is 0 Å². The van der Waals surface area contributed by atoms with Crippen LogP contribution in [0.3, 0.4) is 0 Å². The molecule has 0 aliphatic carbocycles. The Bertz CT molecular complexity index is 514. The Morgan fingerprint density at radius 1 is 1.04 bits per heavy atom. The summed E-state index contributed by atoms with van der Waals surface area (Å²) in [5.74, 6) is 0.778. The number of nitrogens with two attached hydrogens (primary N) is 1. The fraction of sp³-hybridized carbons (Fsp3) is 0.667. The van der Waals surface area contributed by atoms with Crippen LogP contribution in [0.25, 0.3) is 0 Å². The third-order valence-electron chi connectivity index (χ3n) is 5.32. The van der Waals surface area contributed by atoms with Crippen molar-refractivity contribution in [3.8, 4) is 5.75 Å². The van der Waals surface area contributed by atoms with Gasteiger partial charge in [-0.2, -0.15) is 0 Å². The molecule has 23 heavy (non-hydrogen) atoms. The Kier molecular flexibility index (Phi) is 5.28. The van der Waals surface area contributed by atoms with Gasteiger partial charge >= 0.3 is 0 Å². The van der Waals surface area contributed by atoms with Crippen molar-refractivity contribution in [3.05, 3.63) is 18.2 Å². The van der Waals surface area contributed by atoms with Gasteiger partial charge < -0.3 is 20.3 Å². The SMILES string of the molecule is COc1cc(N2CCC(N3CCCN(C)CC3)CC2)ccc1N. The molecule has 0 bridgehead atoms. The van der Waals surface area contributed by atoms with E-state index in [0.29, 0.717) is 5.69 Å². The molecule has 0 saturated carbocycles. The molecule has 1 aromatic rings. The predicted octanol–water partition coefficient (Wildman–Crippen LogP) is 1.88. The molecule has 0 spiro atoms. The third-order valence-corrected chi connectivity index (χ3v) is 5.32. The highest BCUT2D eigenvalue weighted by atomic mass is 16.5. The molecule has 5 nitrogen and oxygen atoms in total. The van der Waals surface area contributed by atoms with Gasteiger partial charge in [-0.3, -0.25) is 4.90 Å². The number of anilines is 2. The number of nitrogens with zero attached hydrogens (tertiary/aromatic N) is 3. The van der Waals surface area contributed by atoms with Crippen molar-refractivity contribution in [2.75, 3.05) is 64.1 Å². The van der Waals surface area contributed by atoms with Crippen LogP contribution >= 0.6 is 0 Å².